The molecule has 0 atom stereocenters. The number of hydrogen-bond acceptors (Lipinski definition) is 4. The zero-order chi connectivity index (χ0) is 17.8. The molecule has 0 unspecified atom stereocenters. The molecule has 25 heavy (non-hydrogen) atoms. The minimum Gasteiger partial charge on any atom is -0.478 e. The van der Waals surface area contributed by atoms with Crippen molar-refractivity contribution in [2.24, 2.45) is 0 Å². The Morgan fingerprint density at radius 2 is 2.36 bits per heavy atom. The van der Waals surface area contributed by atoms with Gasteiger partial charge < -0.3 is 20.3 Å². The van der Waals surface area contributed by atoms with Gasteiger partial charge in [0.1, 0.15) is 0 Å². The minimum absolute atomic E-state index is 0.0244. The number of rotatable bonds is 5. The minimum atomic E-state index is -0.646. The lowest BCUT2D eigenvalue weighted by molar-refractivity contribution is -0.118. The van der Waals surface area contributed by atoms with Gasteiger partial charge in [0, 0.05) is 37.2 Å². The lowest BCUT2D eigenvalue weighted by Gasteiger charge is -2.23. The number of aromatic nitrogens is 2. The number of benzene rings is 1. The van der Waals surface area contributed by atoms with Gasteiger partial charge in [0.05, 0.1) is 12.2 Å². The molecular formula is C16H18FN5O3. The van der Waals surface area contributed by atoms with Crippen LogP contribution in [-0.2, 0) is 11.3 Å². The van der Waals surface area contributed by atoms with Crippen LogP contribution in [-0.4, -0.2) is 46.3 Å². The molecule has 0 saturated heterocycles. The van der Waals surface area contributed by atoms with Crippen LogP contribution in [0.25, 0.3) is 0 Å². The summed E-state index contributed by atoms with van der Waals surface area (Å²) in [6.07, 6.45) is 3.48. The van der Waals surface area contributed by atoms with Crippen molar-refractivity contribution >= 4 is 23.3 Å². The molecule has 1 aliphatic heterocycles. The van der Waals surface area contributed by atoms with E-state index in [1.807, 2.05) is 19.2 Å². The highest BCUT2D eigenvalue weighted by Gasteiger charge is 2.21. The number of carbonyl (C=O) groups is 2. The number of halogens is 1. The third-order valence-electron chi connectivity index (χ3n) is 3.74. The van der Waals surface area contributed by atoms with Crippen LogP contribution >= 0.6 is 0 Å². The van der Waals surface area contributed by atoms with E-state index >= 15 is 0 Å². The zero-order valence-electron chi connectivity index (χ0n) is 13.7. The van der Waals surface area contributed by atoms with Crippen LogP contribution in [0.4, 0.5) is 20.6 Å². The summed E-state index contributed by atoms with van der Waals surface area (Å²) >= 11 is 0. The van der Waals surface area contributed by atoms with Gasteiger partial charge in [-0.15, -0.1) is 0 Å². The second-order valence-corrected chi connectivity index (χ2v) is 5.45. The number of hydrogen-bond donors (Lipinski definition) is 2. The summed E-state index contributed by atoms with van der Waals surface area (Å²) in [5.74, 6) is -1.04. The van der Waals surface area contributed by atoms with Crippen molar-refractivity contribution in [2.75, 3.05) is 30.3 Å². The maximum atomic E-state index is 14.1. The van der Waals surface area contributed by atoms with Gasteiger partial charge in [-0.2, -0.15) is 5.10 Å². The number of urea groups is 1. The SMILES string of the molecule is CCN(CCn1cccn1)C(=O)Nc1cc(F)c2c(c1)NC(=O)CO2. The van der Waals surface area contributed by atoms with Gasteiger partial charge >= 0.3 is 6.03 Å². The Morgan fingerprint density at radius 1 is 1.52 bits per heavy atom. The largest absolute Gasteiger partial charge is 0.478 e. The van der Waals surface area contributed by atoms with Crippen LogP contribution < -0.4 is 15.4 Å². The predicted octanol–water partition coefficient (Wildman–Crippen LogP) is 1.91. The molecule has 2 aromatic rings. The summed E-state index contributed by atoms with van der Waals surface area (Å²) in [6.45, 7) is 3.12. The highest BCUT2D eigenvalue weighted by Crippen LogP contribution is 2.33. The van der Waals surface area contributed by atoms with Crippen LogP contribution in [0.3, 0.4) is 0 Å². The second-order valence-electron chi connectivity index (χ2n) is 5.45. The van der Waals surface area contributed by atoms with Crippen LogP contribution in [0.1, 0.15) is 6.92 Å². The second kappa shape index (κ2) is 7.20. The molecule has 9 heteroatoms. The lowest BCUT2D eigenvalue weighted by atomic mass is 10.2. The number of likely N-dealkylation sites (N-methyl/N-ethyl adjacent to an activating group) is 1. The standard InChI is InChI=1S/C16H18FN5O3/c1-2-21(6-7-22-5-3-4-18-22)16(24)19-11-8-12(17)15-13(9-11)20-14(23)10-25-15/h3-5,8-9H,2,6-7,10H2,1H3,(H,19,24)(H,20,23). The van der Waals surface area contributed by atoms with Crippen molar-refractivity contribution in [3.63, 3.8) is 0 Å². The molecule has 3 amide bonds. The van der Waals surface area contributed by atoms with Gasteiger partial charge in [0.2, 0.25) is 0 Å². The first-order valence-corrected chi connectivity index (χ1v) is 7.86. The van der Waals surface area contributed by atoms with E-state index in [2.05, 4.69) is 15.7 Å². The van der Waals surface area contributed by atoms with E-state index in [1.165, 1.54) is 6.07 Å². The first kappa shape index (κ1) is 16.7. The first-order chi connectivity index (χ1) is 12.1. The molecule has 1 aromatic carbocycles. The molecular weight excluding hydrogens is 329 g/mol. The maximum absolute atomic E-state index is 14.1. The smallest absolute Gasteiger partial charge is 0.321 e. The fourth-order valence-corrected chi connectivity index (χ4v) is 2.49. The van der Waals surface area contributed by atoms with Crippen LogP contribution in [0, 0.1) is 5.82 Å². The molecule has 1 aromatic heterocycles. The Bertz CT molecular complexity index is 778. The highest BCUT2D eigenvalue weighted by molar-refractivity contribution is 5.97. The van der Waals surface area contributed by atoms with Crippen molar-refractivity contribution in [3.05, 3.63) is 36.4 Å². The molecule has 3 rings (SSSR count). The van der Waals surface area contributed by atoms with Gasteiger partial charge in [-0.05, 0) is 19.1 Å². The molecule has 0 spiro atoms. The molecule has 132 valence electrons. The highest BCUT2D eigenvalue weighted by atomic mass is 19.1. The van der Waals surface area contributed by atoms with Crippen molar-refractivity contribution < 1.29 is 18.7 Å². The molecule has 0 aliphatic carbocycles. The van der Waals surface area contributed by atoms with E-state index in [9.17, 15) is 14.0 Å². The number of anilines is 2. The Balaban J connectivity index is 1.68. The van der Waals surface area contributed by atoms with Gasteiger partial charge in [0.15, 0.2) is 18.2 Å². The van der Waals surface area contributed by atoms with Gasteiger partial charge in [-0.25, -0.2) is 9.18 Å². The van der Waals surface area contributed by atoms with Crippen LogP contribution in [0.5, 0.6) is 5.75 Å². The maximum Gasteiger partial charge on any atom is 0.321 e. The van der Waals surface area contributed by atoms with Crippen molar-refractivity contribution in [1.29, 1.82) is 0 Å². The molecule has 0 saturated carbocycles. The molecule has 8 nitrogen and oxygen atoms in total. The summed E-state index contributed by atoms with van der Waals surface area (Å²) in [6, 6.07) is 4.07. The normalized spacial score (nSPS) is 12.8. The summed E-state index contributed by atoms with van der Waals surface area (Å²) in [4.78, 5) is 25.3. The fraction of sp³-hybridized carbons (Fsp3) is 0.312. The topological polar surface area (TPSA) is 88.5 Å². The Kier molecular flexibility index (Phi) is 4.82. The molecule has 2 heterocycles. The first-order valence-electron chi connectivity index (χ1n) is 7.86. The Morgan fingerprint density at radius 3 is 3.08 bits per heavy atom. The number of nitrogens with one attached hydrogen (secondary N) is 2. The third-order valence-corrected chi connectivity index (χ3v) is 3.74. The number of nitrogens with zero attached hydrogens (tertiary/aromatic N) is 3. The molecule has 0 bridgehead atoms. The lowest BCUT2D eigenvalue weighted by Crippen LogP contribution is -2.37. The summed E-state index contributed by atoms with van der Waals surface area (Å²) in [5.41, 5.74) is 0.440. The number of ether oxygens (including phenoxy) is 1. The summed E-state index contributed by atoms with van der Waals surface area (Å²) < 4.78 is 20.9. The van der Waals surface area contributed by atoms with E-state index in [1.54, 1.807) is 15.8 Å². The summed E-state index contributed by atoms with van der Waals surface area (Å²) in [7, 11) is 0. The van der Waals surface area contributed by atoms with E-state index in [0.717, 1.165) is 6.07 Å². The Labute approximate surface area is 143 Å². The van der Waals surface area contributed by atoms with Crippen molar-refractivity contribution in [3.8, 4) is 5.75 Å². The molecule has 1 aliphatic rings. The van der Waals surface area contributed by atoms with E-state index < -0.39 is 5.82 Å². The van der Waals surface area contributed by atoms with Crippen molar-refractivity contribution in [2.45, 2.75) is 13.5 Å². The van der Waals surface area contributed by atoms with E-state index in [-0.39, 0.29) is 35.7 Å². The fourth-order valence-electron chi connectivity index (χ4n) is 2.49. The molecule has 0 radical (unpaired) electrons. The quantitative estimate of drug-likeness (QED) is 0.865. The van der Waals surface area contributed by atoms with Crippen molar-refractivity contribution in [1.82, 2.24) is 14.7 Å². The molecule has 0 fully saturated rings. The number of carbonyl (C=O) groups excluding carboxylic acids is 2. The van der Waals surface area contributed by atoms with Gasteiger partial charge in [-0.3, -0.25) is 9.48 Å². The third kappa shape index (κ3) is 3.87. The van der Waals surface area contributed by atoms with E-state index in [0.29, 0.717) is 19.6 Å². The van der Waals surface area contributed by atoms with Crippen LogP contribution in [0.15, 0.2) is 30.6 Å². The van der Waals surface area contributed by atoms with Gasteiger partial charge in [0.25, 0.3) is 5.91 Å². The average Bonchev–Trinajstić information content (AvgIpc) is 3.08. The number of amides is 3. The summed E-state index contributed by atoms with van der Waals surface area (Å²) in [5, 5.41) is 9.25. The monoisotopic (exact) mass is 347 g/mol. The molecule has 2 N–H and O–H groups in total. The Hall–Kier alpha value is -3.10. The average molecular weight is 347 g/mol. The van der Waals surface area contributed by atoms with Gasteiger partial charge in [-0.1, -0.05) is 0 Å². The number of fused-ring (bicyclic) bond motifs is 1. The zero-order valence-corrected chi connectivity index (χ0v) is 13.7. The predicted molar refractivity (Wildman–Crippen MR) is 89.0 cm³/mol. The van der Waals surface area contributed by atoms with Crippen LogP contribution in [0.2, 0.25) is 0 Å². The van der Waals surface area contributed by atoms with E-state index in [4.69, 9.17) is 4.74 Å².